The number of piperazine rings is 1. The molecule has 0 spiro atoms. The number of hydrogen-bond donors (Lipinski definition) is 1. The summed E-state index contributed by atoms with van der Waals surface area (Å²) in [6, 6.07) is 2.06. The van der Waals surface area contributed by atoms with E-state index in [1.54, 1.807) is 4.31 Å². The molecule has 1 saturated heterocycles. The molecule has 1 aliphatic rings. The van der Waals surface area contributed by atoms with Gasteiger partial charge in [0.05, 0.1) is 4.90 Å². The number of rotatable bonds is 4. The second kappa shape index (κ2) is 6.66. The average molecular weight is 325 g/mol. The van der Waals surface area contributed by atoms with Crippen LogP contribution in [0.1, 0.15) is 22.3 Å². The van der Waals surface area contributed by atoms with Gasteiger partial charge in [-0.15, -0.1) is 0 Å². The normalized spacial score (nSPS) is 17.9. The van der Waals surface area contributed by atoms with Crippen molar-refractivity contribution in [1.82, 2.24) is 9.21 Å². The van der Waals surface area contributed by atoms with E-state index in [4.69, 9.17) is 5.73 Å². The van der Waals surface area contributed by atoms with Gasteiger partial charge in [0.1, 0.15) is 0 Å². The minimum Gasteiger partial charge on any atom is -0.329 e. The number of hydrogen-bond acceptors (Lipinski definition) is 4. The highest BCUT2D eigenvalue weighted by molar-refractivity contribution is 7.89. The van der Waals surface area contributed by atoms with Crippen LogP contribution in [0.4, 0.5) is 0 Å². The van der Waals surface area contributed by atoms with E-state index in [1.807, 2.05) is 27.7 Å². The maximum absolute atomic E-state index is 13.1. The first kappa shape index (κ1) is 17.4. The van der Waals surface area contributed by atoms with Crippen LogP contribution in [-0.2, 0) is 10.0 Å². The van der Waals surface area contributed by atoms with E-state index in [1.165, 1.54) is 0 Å². The van der Waals surface area contributed by atoms with Crippen molar-refractivity contribution >= 4 is 10.0 Å². The standard InChI is InChI=1S/C16H27N3O2S/c1-12-11-13(2)15(4)16(14(12)3)22(20,21)19-9-7-18(6-5-17)8-10-19/h11H,5-10,17H2,1-4H3. The Morgan fingerprint density at radius 3 is 1.95 bits per heavy atom. The zero-order valence-electron chi connectivity index (χ0n) is 14.0. The average Bonchev–Trinajstić information content (AvgIpc) is 2.46. The number of aryl methyl sites for hydroxylation is 2. The van der Waals surface area contributed by atoms with E-state index >= 15 is 0 Å². The van der Waals surface area contributed by atoms with Gasteiger partial charge in [0.2, 0.25) is 10.0 Å². The minimum absolute atomic E-state index is 0.497. The first-order valence-corrected chi connectivity index (χ1v) is 9.23. The molecule has 0 aromatic heterocycles. The molecule has 0 saturated carbocycles. The van der Waals surface area contributed by atoms with Crippen molar-refractivity contribution in [2.45, 2.75) is 32.6 Å². The first-order valence-electron chi connectivity index (χ1n) is 7.79. The molecule has 1 fully saturated rings. The maximum Gasteiger partial charge on any atom is 0.243 e. The summed E-state index contributed by atoms with van der Waals surface area (Å²) < 4.78 is 27.8. The Morgan fingerprint density at radius 2 is 1.50 bits per heavy atom. The fourth-order valence-corrected chi connectivity index (χ4v) is 5.07. The molecule has 0 radical (unpaired) electrons. The Kier molecular flexibility index (Phi) is 5.27. The van der Waals surface area contributed by atoms with Gasteiger partial charge in [-0.3, -0.25) is 4.90 Å². The van der Waals surface area contributed by atoms with Crippen molar-refractivity contribution in [1.29, 1.82) is 0 Å². The van der Waals surface area contributed by atoms with E-state index in [-0.39, 0.29) is 0 Å². The molecule has 0 amide bonds. The van der Waals surface area contributed by atoms with E-state index in [9.17, 15) is 8.42 Å². The summed E-state index contributed by atoms with van der Waals surface area (Å²) in [6.45, 7) is 11.8. The van der Waals surface area contributed by atoms with Gasteiger partial charge in [0, 0.05) is 39.3 Å². The lowest BCUT2D eigenvalue weighted by atomic mass is 10.0. The molecule has 124 valence electrons. The zero-order chi connectivity index (χ0) is 16.5. The topological polar surface area (TPSA) is 66.6 Å². The number of nitrogens with zero attached hydrogens (tertiary/aromatic N) is 2. The van der Waals surface area contributed by atoms with Crippen molar-refractivity contribution in [3.63, 3.8) is 0 Å². The van der Waals surface area contributed by atoms with Crippen LogP contribution in [0.2, 0.25) is 0 Å². The van der Waals surface area contributed by atoms with Crippen molar-refractivity contribution in [3.05, 3.63) is 28.3 Å². The summed E-state index contributed by atoms with van der Waals surface area (Å²) in [5.41, 5.74) is 9.37. The molecule has 0 aliphatic carbocycles. The molecule has 22 heavy (non-hydrogen) atoms. The summed E-state index contributed by atoms with van der Waals surface area (Å²) in [5.74, 6) is 0. The van der Waals surface area contributed by atoms with Crippen LogP contribution in [0, 0.1) is 27.7 Å². The van der Waals surface area contributed by atoms with E-state index in [0.29, 0.717) is 24.5 Å². The van der Waals surface area contributed by atoms with Crippen molar-refractivity contribution < 1.29 is 8.42 Å². The second-order valence-corrected chi connectivity index (χ2v) is 8.00. The minimum atomic E-state index is -3.43. The molecule has 2 rings (SSSR count). The smallest absolute Gasteiger partial charge is 0.243 e. The molecule has 5 nitrogen and oxygen atoms in total. The lowest BCUT2D eigenvalue weighted by Gasteiger charge is -2.34. The molecule has 1 aromatic carbocycles. The van der Waals surface area contributed by atoms with Crippen molar-refractivity contribution in [3.8, 4) is 0 Å². The Bertz CT molecular complexity index is 622. The molecule has 2 N–H and O–H groups in total. The fourth-order valence-electron chi connectivity index (χ4n) is 3.07. The molecular weight excluding hydrogens is 298 g/mol. The third kappa shape index (κ3) is 3.20. The Balaban J connectivity index is 2.33. The van der Waals surface area contributed by atoms with E-state index in [0.717, 1.165) is 41.9 Å². The van der Waals surface area contributed by atoms with Gasteiger partial charge in [-0.2, -0.15) is 4.31 Å². The Hall–Kier alpha value is -0.950. The maximum atomic E-state index is 13.1. The van der Waals surface area contributed by atoms with E-state index < -0.39 is 10.0 Å². The molecule has 1 heterocycles. The predicted molar refractivity (Wildman–Crippen MR) is 89.6 cm³/mol. The van der Waals surface area contributed by atoms with Gasteiger partial charge in [-0.1, -0.05) is 6.07 Å². The molecule has 0 unspecified atom stereocenters. The van der Waals surface area contributed by atoms with E-state index in [2.05, 4.69) is 11.0 Å². The van der Waals surface area contributed by atoms with Crippen LogP contribution in [-0.4, -0.2) is 56.9 Å². The molecule has 0 atom stereocenters. The van der Waals surface area contributed by atoms with Gasteiger partial charge in [-0.25, -0.2) is 8.42 Å². The van der Waals surface area contributed by atoms with Crippen LogP contribution in [0.3, 0.4) is 0 Å². The highest BCUT2D eigenvalue weighted by atomic mass is 32.2. The summed E-state index contributed by atoms with van der Waals surface area (Å²) in [7, 11) is -3.43. The molecule has 1 aliphatic heterocycles. The lowest BCUT2D eigenvalue weighted by Crippen LogP contribution is -2.49. The van der Waals surface area contributed by atoms with Crippen LogP contribution in [0.15, 0.2) is 11.0 Å². The van der Waals surface area contributed by atoms with Crippen molar-refractivity contribution in [2.75, 3.05) is 39.3 Å². The number of nitrogens with two attached hydrogens (primary N) is 1. The fraction of sp³-hybridized carbons (Fsp3) is 0.625. The number of benzene rings is 1. The molecular formula is C16H27N3O2S. The third-order valence-corrected chi connectivity index (χ3v) is 6.84. The van der Waals surface area contributed by atoms with Gasteiger partial charge in [0.25, 0.3) is 0 Å². The zero-order valence-corrected chi connectivity index (χ0v) is 14.8. The highest BCUT2D eigenvalue weighted by Crippen LogP contribution is 2.29. The van der Waals surface area contributed by atoms with Crippen LogP contribution >= 0.6 is 0 Å². The largest absolute Gasteiger partial charge is 0.329 e. The van der Waals surface area contributed by atoms with Crippen LogP contribution in [0.25, 0.3) is 0 Å². The quantitative estimate of drug-likeness (QED) is 0.903. The summed E-state index contributed by atoms with van der Waals surface area (Å²) in [4.78, 5) is 2.71. The van der Waals surface area contributed by atoms with Gasteiger partial charge in [0.15, 0.2) is 0 Å². The van der Waals surface area contributed by atoms with Gasteiger partial charge < -0.3 is 5.73 Å². The Labute approximate surface area is 134 Å². The third-order valence-electron chi connectivity index (χ3n) is 4.67. The number of sulfonamides is 1. The van der Waals surface area contributed by atoms with Crippen LogP contribution in [0.5, 0.6) is 0 Å². The predicted octanol–water partition coefficient (Wildman–Crippen LogP) is 1.19. The van der Waals surface area contributed by atoms with Gasteiger partial charge >= 0.3 is 0 Å². The summed E-state index contributed by atoms with van der Waals surface area (Å²) >= 11 is 0. The highest BCUT2D eigenvalue weighted by Gasteiger charge is 2.31. The molecule has 0 bridgehead atoms. The summed E-state index contributed by atoms with van der Waals surface area (Å²) in [6.07, 6.45) is 0. The lowest BCUT2D eigenvalue weighted by molar-refractivity contribution is 0.192. The van der Waals surface area contributed by atoms with Crippen LogP contribution < -0.4 is 5.73 Å². The SMILES string of the molecule is Cc1cc(C)c(C)c(S(=O)(=O)N2CCN(CCN)CC2)c1C. The molecule has 6 heteroatoms. The molecule has 1 aromatic rings. The first-order chi connectivity index (χ1) is 10.3. The summed E-state index contributed by atoms with van der Waals surface area (Å²) in [5, 5.41) is 0. The second-order valence-electron chi connectivity index (χ2n) is 6.12. The monoisotopic (exact) mass is 325 g/mol. The van der Waals surface area contributed by atoms with Gasteiger partial charge in [-0.05, 0) is 49.9 Å². The van der Waals surface area contributed by atoms with Crippen molar-refractivity contribution in [2.24, 2.45) is 5.73 Å². The Morgan fingerprint density at radius 1 is 1.00 bits per heavy atom.